The van der Waals surface area contributed by atoms with Crippen molar-refractivity contribution < 1.29 is 17.9 Å². The first-order chi connectivity index (χ1) is 14.5. The minimum Gasteiger partial charge on any atom is -0.493 e. The third kappa shape index (κ3) is 4.99. The van der Waals surface area contributed by atoms with Crippen LogP contribution in [0.5, 0.6) is 5.75 Å². The summed E-state index contributed by atoms with van der Waals surface area (Å²) in [4.78, 5) is 6.79. The summed E-state index contributed by atoms with van der Waals surface area (Å²) in [7, 11) is 0. The van der Waals surface area contributed by atoms with Gasteiger partial charge in [0.25, 0.3) is 0 Å². The van der Waals surface area contributed by atoms with Gasteiger partial charge in [0.2, 0.25) is 0 Å². The van der Waals surface area contributed by atoms with Crippen molar-refractivity contribution >= 4 is 0 Å². The molecule has 30 heavy (non-hydrogen) atoms. The molecule has 0 amide bonds. The lowest BCUT2D eigenvalue weighted by Crippen LogP contribution is -2.23. The van der Waals surface area contributed by atoms with Gasteiger partial charge in [-0.2, -0.15) is 18.3 Å². The maximum atomic E-state index is 12.8. The molecular formula is C22H23F3N4O. The molecule has 0 bridgehead atoms. The molecule has 1 atom stereocenters. The average molecular weight is 416 g/mol. The monoisotopic (exact) mass is 416 g/mol. The molecule has 158 valence electrons. The molecule has 1 aliphatic heterocycles. The van der Waals surface area contributed by atoms with Gasteiger partial charge in [-0.05, 0) is 55.8 Å². The lowest BCUT2D eigenvalue weighted by Gasteiger charge is -2.22. The molecule has 0 aliphatic carbocycles. The fourth-order valence-electron chi connectivity index (χ4n) is 3.77. The third-order valence-corrected chi connectivity index (χ3v) is 5.25. The molecule has 5 nitrogen and oxygen atoms in total. The smallest absolute Gasteiger partial charge is 0.416 e. The van der Waals surface area contributed by atoms with E-state index < -0.39 is 11.7 Å². The molecule has 0 radical (unpaired) electrons. The Morgan fingerprint density at radius 1 is 1.13 bits per heavy atom. The Balaban J connectivity index is 1.33. The maximum Gasteiger partial charge on any atom is 0.416 e. The molecule has 1 aromatic carbocycles. The number of ether oxygens (including phenoxy) is 1. The van der Waals surface area contributed by atoms with Crippen molar-refractivity contribution in [1.82, 2.24) is 20.1 Å². The predicted molar refractivity (Wildman–Crippen MR) is 106 cm³/mol. The number of rotatable bonds is 7. The highest BCUT2D eigenvalue weighted by Gasteiger charge is 2.30. The highest BCUT2D eigenvalue weighted by atomic mass is 19.4. The largest absolute Gasteiger partial charge is 0.493 e. The number of halogens is 3. The zero-order valence-corrected chi connectivity index (χ0v) is 16.4. The molecule has 4 rings (SSSR count). The Kier molecular flexibility index (Phi) is 6.03. The normalized spacial score (nSPS) is 17.4. The van der Waals surface area contributed by atoms with Gasteiger partial charge in [-0.15, -0.1) is 0 Å². The first-order valence-electron chi connectivity index (χ1n) is 9.97. The number of nitrogens with one attached hydrogen (secondary N) is 1. The van der Waals surface area contributed by atoms with Crippen molar-refractivity contribution in [2.75, 3.05) is 13.2 Å². The van der Waals surface area contributed by atoms with Crippen LogP contribution >= 0.6 is 0 Å². The Morgan fingerprint density at radius 3 is 2.83 bits per heavy atom. The fourth-order valence-corrected chi connectivity index (χ4v) is 3.77. The molecule has 0 spiro atoms. The molecule has 1 fully saturated rings. The quantitative estimate of drug-likeness (QED) is 0.602. The molecule has 2 aromatic heterocycles. The molecule has 1 aliphatic rings. The highest BCUT2D eigenvalue weighted by Crippen LogP contribution is 2.33. The first-order valence-corrected chi connectivity index (χ1v) is 9.97. The summed E-state index contributed by atoms with van der Waals surface area (Å²) in [6.45, 7) is 2.06. The number of pyridine rings is 1. The van der Waals surface area contributed by atoms with Crippen LogP contribution in [-0.4, -0.2) is 33.2 Å². The lowest BCUT2D eigenvalue weighted by molar-refractivity contribution is -0.137. The zero-order chi connectivity index (χ0) is 21.0. The van der Waals surface area contributed by atoms with Crippen LogP contribution in [0, 0.1) is 0 Å². The van der Waals surface area contributed by atoms with Crippen LogP contribution < -0.4 is 4.74 Å². The number of nitrogens with zero attached hydrogens (tertiary/aromatic N) is 3. The number of aromatic amines is 1. The number of hydrogen-bond acceptors (Lipinski definition) is 4. The number of H-pyrrole nitrogens is 1. The molecule has 8 heteroatoms. The topological polar surface area (TPSA) is 54.0 Å². The van der Waals surface area contributed by atoms with Gasteiger partial charge in [0.05, 0.1) is 29.6 Å². The molecule has 0 unspecified atom stereocenters. The van der Waals surface area contributed by atoms with Crippen LogP contribution in [0.1, 0.15) is 41.5 Å². The van der Waals surface area contributed by atoms with E-state index in [1.54, 1.807) is 6.20 Å². The van der Waals surface area contributed by atoms with Crippen molar-refractivity contribution in [3.8, 4) is 5.75 Å². The van der Waals surface area contributed by atoms with Crippen LogP contribution in [0.2, 0.25) is 0 Å². The standard InChI is InChI=1S/C22H23F3N4O/c23-22(24,25)16-5-3-7-19(13-16)30-12-9-17-14-20(28-27-17)21-8-4-11-29(21)15-18-6-1-2-10-26-18/h1-3,5-7,10,13-14,21H,4,8-9,11-12,15H2,(H,27,28)/t21-/m1/s1. The van der Waals surface area contributed by atoms with E-state index in [1.807, 2.05) is 24.3 Å². The van der Waals surface area contributed by atoms with Gasteiger partial charge in [0.15, 0.2) is 0 Å². The third-order valence-electron chi connectivity index (χ3n) is 5.25. The number of benzene rings is 1. The van der Waals surface area contributed by atoms with Crippen molar-refractivity contribution in [1.29, 1.82) is 0 Å². The highest BCUT2D eigenvalue weighted by molar-refractivity contribution is 5.30. The van der Waals surface area contributed by atoms with E-state index in [-0.39, 0.29) is 18.4 Å². The van der Waals surface area contributed by atoms with Crippen molar-refractivity contribution in [2.45, 2.75) is 38.0 Å². The Morgan fingerprint density at radius 2 is 2.03 bits per heavy atom. The van der Waals surface area contributed by atoms with Gasteiger partial charge < -0.3 is 4.74 Å². The summed E-state index contributed by atoms with van der Waals surface area (Å²) in [6, 6.07) is 13.1. The van der Waals surface area contributed by atoms with Gasteiger partial charge in [-0.25, -0.2) is 0 Å². The first kappa shape index (κ1) is 20.4. The van der Waals surface area contributed by atoms with Crippen LogP contribution in [0.25, 0.3) is 0 Å². The Bertz CT molecular complexity index is 958. The number of hydrogen-bond donors (Lipinski definition) is 1. The molecule has 0 saturated carbocycles. The van der Waals surface area contributed by atoms with E-state index in [0.717, 1.165) is 55.1 Å². The van der Waals surface area contributed by atoms with Gasteiger partial charge in [-0.1, -0.05) is 12.1 Å². The minimum atomic E-state index is -4.37. The summed E-state index contributed by atoms with van der Waals surface area (Å²) >= 11 is 0. The van der Waals surface area contributed by atoms with Crippen molar-refractivity contribution in [3.05, 3.63) is 77.4 Å². The summed E-state index contributed by atoms with van der Waals surface area (Å²) in [5.74, 6) is 0.210. The zero-order valence-electron chi connectivity index (χ0n) is 16.4. The van der Waals surface area contributed by atoms with E-state index in [9.17, 15) is 13.2 Å². The molecule has 1 N–H and O–H groups in total. The second kappa shape index (κ2) is 8.87. The van der Waals surface area contributed by atoms with Crippen LogP contribution in [0.3, 0.4) is 0 Å². The maximum absolute atomic E-state index is 12.8. The molecule has 1 saturated heterocycles. The number of alkyl halides is 3. The Labute approximate surface area is 172 Å². The summed E-state index contributed by atoms with van der Waals surface area (Å²) in [6.07, 6.45) is 0.115. The van der Waals surface area contributed by atoms with Crippen LogP contribution in [-0.2, 0) is 19.1 Å². The van der Waals surface area contributed by atoms with E-state index in [1.165, 1.54) is 12.1 Å². The van der Waals surface area contributed by atoms with Gasteiger partial charge in [0, 0.05) is 24.9 Å². The fraction of sp³-hybridized carbons (Fsp3) is 0.364. The average Bonchev–Trinajstić information content (AvgIpc) is 3.38. The number of likely N-dealkylation sites (tertiary alicyclic amines) is 1. The second-order valence-corrected chi connectivity index (χ2v) is 7.39. The summed E-state index contributed by atoms with van der Waals surface area (Å²) in [5, 5.41) is 7.51. The van der Waals surface area contributed by atoms with Gasteiger partial charge in [0.1, 0.15) is 5.75 Å². The minimum absolute atomic E-state index is 0.210. The van der Waals surface area contributed by atoms with E-state index in [0.29, 0.717) is 6.42 Å². The van der Waals surface area contributed by atoms with Gasteiger partial charge >= 0.3 is 6.18 Å². The summed E-state index contributed by atoms with van der Waals surface area (Å²) < 4.78 is 43.9. The molecule has 3 heterocycles. The summed E-state index contributed by atoms with van der Waals surface area (Å²) in [5.41, 5.74) is 2.21. The van der Waals surface area contributed by atoms with E-state index in [2.05, 4.69) is 20.1 Å². The predicted octanol–water partition coefficient (Wildman–Crippen LogP) is 4.78. The molecular weight excluding hydrogens is 393 g/mol. The van der Waals surface area contributed by atoms with Crippen molar-refractivity contribution in [3.63, 3.8) is 0 Å². The number of aromatic nitrogens is 3. The van der Waals surface area contributed by atoms with Crippen LogP contribution in [0.4, 0.5) is 13.2 Å². The SMILES string of the molecule is FC(F)(F)c1cccc(OCCc2cc([C@H]3CCCN3Cc3ccccn3)n[nH]2)c1. The second-order valence-electron chi connectivity index (χ2n) is 7.39. The van der Waals surface area contributed by atoms with E-state index in [4.69, 9.17) is 4.74 Å². The Hall–Kier alpha value is -2.87. The lowest BCUT2D eigenvalue weighted by atomic mass is 10.1. The van der Waals surface area contributed by atoms with E-state index >= 15 is 0 Å². The van der Waals surface area contributed by atoms with Crippen molar-refractivity contribution in [2.24, 2.45) is 0 Å². The van der Waals surface area contributed by atoms with Gasteiger partial charge in [-0.3, -0.25) is 15.0 Å². The van der Waals surface area contributed by atoms with Crippen LogP contribution in [0.15, 0.2) is 54.7 Å². The molecule has 3 aromatic rings.